The fourth-order valence-electron chi connectivity index (χ4n) is 5.87. The van der Waals surface area contributed by atoms with Crippen molar-refractivity contribution in [3.63, 3.8) is 0 Å². The molecule has 2 heterocycles. The minimum atomic E-state index is -1.86. The molecule has 2 rings (SSSR count). The minimum Gasteiger partial charge on any atom is -0.393 e. The van der Waals surface area contributed by atoms with Crippen LogP contribution in [0.4, 0.5) is 0 Å². The van der Waals surface area contributed by atoms with Gasteiger partial charge < -0.3 is 50.8 Å². The molecule has 41 heavy (non-hydrogen) atoms. The summed E-state index contributed by atoms with van der Waals surface area (Å²) < 4.78 is 18.1. The molecule has 2 aliphatic rings. The topological polar surface area (TPSA) is 184 Å². The van der Waals surface area contributed by atoms with Gasteiger partial charge in [0.05, 0.1) is 48.6 Å². The molecule has 7 unspecified atom stereocenters. The van der Waals surface area contributed by atoms with Gasteiger partial charge in [-0.25, -0.2) is 0 Å². The summed E-state index contributed by atoms with van der Waals surface area (Å²) in [6, 6.07) is -0.986. The number of amides is 1. The second-order valence-electron chi connectivity index (χ2n) is 12.2. The van der Waals surface area contributed by atoms with Crippen LogP contribution < -0.4 is 11.1 Å². The summed E-state index contributed by atoms with van der Waals surface area (Å²) in [5.41, 5.74) is 6.02. The van der Waals surface area contributed by atoms with Gasteiger partial charge in [-0.3, -0.25) is 4.79 Å². The Labute approximate surface area is 245 Å². The predicted octanol–water partition coefficient (Wildman–Crippen LogP) is 1.33. The first-order valence-corrected chi connectivity index (χ1v) is 15.4. The van der Waals surface area contributed by atoms with Crippen molar-refractivity contribution in [2.75, 3.05) is 6.54 Å². The Hall–Kier alpha value is -1.15. The van der Waals surface area contributed by atoms with Gasteiger partial charge in [0.1, 0.15) is 6.10 Å². The Morgan fingerprint density at radius 3 is 2.39 bits per heavy atom. The van der Waals surface area contributed by atoms with Crippen LogP contribution >= 0.6 is 0 Å². The number of carbonyl (C=O) groups is 1. The summed E-state index contributed by atoms with van der Waals surface area (Å²) in [5.74, 6) is -3.15. The van der Waals surface area contributed by atoms with Crippen LogP contribution in [0.25, 0.3) is 0 Å². The summed E-state index contributed by atoms with van der Waals surface area (Å²) >= 11 is 0. The van der Waals surface area contributed by atoms with Crippen LogP contribution in [-0.4, -0.2) is 98.8 Å². The molecule has 240 valence electrons. The number of hydrogen-bond acceptors (Lipinski definition) is 10. The lowest BCUT2D eigenvalue weighted by atomic mass is 9.81. The second kappa shape index (κ2) is 16.6. The summed E-state index contributed by atoms with van der Waals surface area (Å²) in [7, 11) is 0. The Balaban J connectivity index is 2.37. The van der Waals surface area contributed by atoms with Crippen molar-refractivity contribution in [3.05, 3.63) is 12.2 Å². The maximum absolute atomic E-state index is 13.1. The minimum absolute atomic E-state index is 0.0376. The van der Waals surface area contributed by atoms with Crippen molar-refractivity contribution in [2.45, 2.75) is 147 Å². The second-order valence-corrected chi connectivity index (χ2v) is 12.2. The molecule has 0 bridgehead atoms. The van der Waals surface area contributed by atoms with Crippen LogP contribution in [0.3, 0.4) is 0 Å². The van der Waals surface area contributed by atoms with E-state index in [9.17, 15) is 30.3 Å². The van der Waals surface area contributed by atoms with E-state index in [0.717, 1.165) is 25.7 Å². The van der Waals surface area contributed by atoms with Crippen LogP contribution in [0, 0.1) is 17.8 Å². The normalized spacial score (nSPS) is 37.5. The molecule has 2 saturated heterocycles. The van der Waals surface area contributed by atoms with E-state index < -0.39 is 72.7 Å². The number of rotatable bonds is 15. The Morgan fingerprint density at radius 1 is 1.12 bits per heavy atom. The van der Waals surface area contributed by atoms with E-state index in [-0.39, 0.29) is 31.1 Å². The fourth-order valence-corrected chi connectivity index (χ4v) is 5.87. The van der Waals surface area contributed by atoms with Crippen molar-refractivity contribution in [1.29, 1.82) is 0 Å². The van der Waals surface area contributed by atoms with E-state index in [0.29, 0.717) is 6.54 Å². The van der Waals surface area contributed by atoms with Gasteiger partial charge in [-0.2, -0.15) is 0 Å². The molecule has 0 aliphatic carbocycles. The van der Waals surface area contributed by atoms with Crippen molar-refractivity contribution < 1.29 is 44.5 Å². The lowest BCUT2D eigenvalue weighted by molar-refractivity contribution is -0.307. The number of nitrogens with one attached hydrogen (secondary N) is 1. The Kier molecular flexibility index (Phi) is 14.6. The number of aliphatic hydroxyl groups is 5. The molecule has 0 spiro atoms. The molecule has 1 amide bonds. The third-order valence-electron chi connectivity index (χ3n) is 8.37. The molecule has 2 fully saturated rings. The highest BCUT2D eigenvalue weighted by molar-refractivity contribution is 5.80. The molecule has 11 nitrogen and oxygen atoms in total. The summed E-state index contributed by atoms with van der Waals surface area (Å²) in [4.78, 5) is 13.1. The van der Waals surface area contributed by atoms with Gasteiger partial charge in [-0.15, -0.1) is 0 Å². The zero-order valence-corrected chi connectivity index (χ0v) is 25.7. The molecule has 0 aromatic carbocycles. The van der Waals surface area contributed by atoms with Crippen LogP contribution in [-0.2, 0) is 19.0 Å². The van der Waals surface area contributed by atoms with Crippen molar-refractivity contribution in [3.8, 4) is 0 Å². The first kappa shape index (κ1) is 36.0. The van der Waals surface area contributed by atoms with Gasteiger partial charge in [0.15, 0.2) is 12.1 Å². The maximum Gasteiger partial charge on any atom is 0.228 e. The monoisotopic (exact) mass is 588 g/mol. The standard InChI is InChI=1S/C30H56N2O9/c1-7-10-17(4)12-13-20(40-29-27(36)25(31)26(35)19(6)39-29)14-23-24(28(37)32-9-3)22(34)16-30(38,41-23)15-21(33)18(5)11-8-2/h12-13,17-27,29,33-36,38H,7-11,14-16,31H2,1-6H3,(H,32,37)/b13-12+/t17?,18?,19?,20-,21+,22-,23-,24+,25?,26?,27?,29?,30+/m0/s1. The lowest BCUT2D eigenvalue weighted by Crippen LogP contribution is -2.62. The van der Waals surface area contributed by atoms with Crippen LogP contribution in [0.1, 0.15) is 86.5 Å². The number of hydrogen-bond donors (Lipinski definition) is 7. The van der Waals surface area contributed by atoms with Crippen LogP contribution in [0.2, 0.25) is 0 Å². The average Bonchev–Trinajstić information content (AvgIpc) is 2.88. The highest BCUT2D eigenvalue weighted by atomic mass is 16.7. The molecule has 0 aromatic rings. The molecule has 0 radical (unpaired) electrons. The molecular formula is C30H56N2O9. The quantitative estimate of drug-likeness (QED) is 0.138. The molecule has 13 atom stereocenters. The summed E-state index contributed by atoms with van der Waals surface area (Å²) in [6.07, 6.45) is -1.04. The smallest absolute Gasteiger partial charge is 0.228 e. The number of allylic oxidation sites excluding steroid dienone is 1. The Bertz CT molecular complexity index is 817. The molecule has 0 saturated carbocycles. The third kappa shape index (κ3) is 10.2. The molecule has 2 aliphatic heterocycles. The molecule has 8 N–H and O–H groups in total. The van der Waals surface area contributed by atoms with E-state index in [1.807, 2.05) is 26.0 Å². The van der Waals surface area contributed by atoms with Gasteiger partial charge >= 0.3 is 0 Å². The highest BCUT2D eigenvalue weighted by Crippen LogP contribution is 2.38. The average molecular weight is 589 g/mol. The summed E-state index contributed by atoms with van der Waals surface area (Å²) in [5, 5.41) is 57.0. The number of carbonyl (C=O) groups excluding carboxylic acids is 1. The van der Waals surface area contributed by atoms with Crippen LogP contribution in [0.5, 0.6) is 0 Å². The molecule has 0 aromatic heterocycles. The van der Waals surface area contributed by atoms with E-state index in [2.05, 4.69) is 19.2 Å². The largest absolute Gasteiger partial charge is 0.393 e. The van der Waals surface area contributed by atoms with E-state index in [4.69, 9.17) is 19.9 Å². The van der Waals surface area contributed by atoms with Crippen molar-refractivity contribution >= 4 is 5.91 Å². The molecular weight excluding hydrogens is 532 g/mol. The molecule has 11 heteroatoms. The highest BCUT2D eigenvalue weighted by Gasteiger charge is 2.50. The van der Waals surface area contributed by atoms with Gasteiger partial charge in [0.25, 0.3) is 0 Å². The third-order valence-corrected chi connectivity index (χ3v) is 8.37. The van der Waals surface area contributed by atoms with Gasteiger partial charge in [0.2, 0.25) is 5.91 Å². The number of aliphatic hydroxyl groups excluding tert-OH is 4. The fraction of sp³-hybridized carbons (Fsp3) is 0.900. The van der Waals surface area contributed by atoms with E-state index >= 15 is 0 Å². The van der Waals surface area contributed by atoms with Crippen molar-refractivity contribution in [2.24, 2.45) is 23.5 Å². The first-order valence-electron chi connectivity index (χ1n) is 15.4. The van der Waals surface area contributed by atoms with Gasteiger partial charge in [0, 0.05) is 25.8 Å². The lowest BCUT2D eigenvalue weighted by Gasteiger charge is -2.46. The van der Waals surface area contributed by atoms with Crippen molar-refractivity contribution in [1.82, 2.24) is 5.32 Å². The first-order chi connectivity index (χ1) is 19.3. The van der Waals surface area contributed by atoms with E-state index in [1.54, 1.807) is 13.8 Å². The Morgan fingerprint density at radius 2 is 1.78 bits per heavy atom. The zero-order chi connectivity index (χ0) is 30.9. The number of nitrogens with two attached hydrogens (primary N) is 1. The zero-order valence-electron chi connectivity index (χ0n) is 25.7. The number of ether oxygens (including phenoxy) is 3. The van der Waals surface area contributed by atoms with Gasteiger partial charge in [-0.05, 0) is 38.5 Å². The summed E-state index contributed by atoms with van der Waals surface area (Å²) in [6.45, 7) is 11.8. The maximum atomic E-state index is 13.1. The van der Waals surface area contributed by atoms with Gasteiger partial charge in [-0.1, -0.05) is 52.7 Å². The van der Waals surface area contributed by atoms with Crippen LogP contribution in [0.15, 0.2) is 12.2 Å². The SMILES string of the molecule is CCCC(C)/C=C/[C@@H](C[C@@H]1O[C@](O)(C[C@@H](O)C(C)CCC)C[C@H](O)[C@H]1C(=O)NCC)OC1OC(C)C(O)C(N)C1O. The predicted molar refractivity (Wildman–Crippen MR) is 154 cm³/mol. The van der Waals surface area contributed by atoms with E-state index in [1.165, 1.54) is 0 Å².